The van der Waals surface area contributed by atoms with Crippen LogP contribution in [0.4, 0.5) is 0 Å². The minimum absolute atomic E-state index is 0.000698. The largest absolute Gasteiger partial charge is 0.454 e. The molecule has 0 saturated carbocycles. The lowest BCUT2D eigenvalue weighted by Gasteiger charge is -2.09. The molecule has 0 heterocycles. The fourth-order valence-corrected chi connectivity index (χ4v) is 3.98. The Kier molecular flexibility index (Phi) is 5.15. The summed E-state index contributed by atoms with van der Waals surface area (Å²) in [6, 6.07) is 16.6. The van der Waals surface area contributed by atoms with Crippen LogP contribution < -0.4 is 0 Å². The summed E-state index contributed by atoms with van der Waals surface area (Å²) in [6.45, 7) is -0.418. The Bertz CT molecular complexity index is 1120. The monoisotopic (exact) mass is 430 g/mol. The van der Waals surface area contributed by atoms with Gasteiger partial charge in [-0.1, -0.05) is 71.2 Å². The Balaban J connectivity index is 1.52. The smallest absolute Gasteiger partial charge is 0.341 e. The average Bonchev–Trinajstić information content (AvgIpc) is 3.07. The fourth-order valence-electron chi connectivity index (χ4n) is 3.30. The van der Waals surface area contributed by atoms with Crippen molar-refractivity contribution < 1.29 is 14.3 Å². The number of carbonyl (C=O) groups excluding carboxylic acids is 2. The second kappa shape index (κ2) is 7.59. The van der Waals surface area contributed by atoms with Gasteiger partial charge in [0.15, 0.2) is 12.4 Å². The van der Waals surface area contributed by atoms with Gasteiger partial charge in [-0.05, 0) is 46.9 Å². The molecular formula is C22H13Cl3O3. The van der Waals surface area contributed by atoms with Gasteiger partial charge in [0, 0.05) is 5.56 Å². The number of ketones is 1. The van der Waals surface area contributed by atoms with Gasteiger partial charge in [0.25, 0.3) is 0 Å². The normalized spacial score (nSPS) is 11.7. The lowest BCUT2D eigenvalue weighted by molar-refractivity contribution is 0.0475. The summed E-state index contributed by atoms with van der Waals surface area (Å²) in [5.41, 5.74) is 5.00. The Morgan fingerprint density at radius 2 is 1.57 bits per heavy atom. The van der Waals surface area contributed by atoms with E-state index in [-0.39, 0.29) is 26.4 Å². The number of fused-ring (bicyclic) bond motifs is 3. The molecule has 0 aromatic heterocycles. The van der Waals surface area contributed by atoms with Crippen LogP contribution in [0.1, 0.15) is 31.8 Å². The van der Waals surface area contributed by atoms with Crippen molar-refractivity contribution in [2.24, 2.45) is 0 Å². The quantitative estimate of drug-likeness (QED) is 0.218. The van der Waals surface area contributed by atoms with E-state index in [2.05, 4.69) is 6.07 Å². The molecule has 6 heteroatoms. The van der Waals surface area contributed by atoms with Gasteiger partial charge >= 0.3 is 5.97 Å². The highest BCUT2D eigenvalue weighted by Gasteiger charge is 2.22. The molecule has 0 saturated heterocycles. The Labute approximate surface area is 176 Å². The molecule has 0 amide bonds. The van der Waals surface area contributed by atoms with Gasteiger partial charge in [-0.2, -0.15) is 0 Å². The summed E-state index contributed by atoms with van der Waals surface area (Å²) in [5, 5.41) is 0.295. The predicted octanol–water partition coefficient (Wildman–Crippen LogP) is 6.26. The van der Waals surface area contributed by atoms with Crippen LogP contribution in [0.25, 0.3) is 11.1 Å². The van der Waals surface area contributed by atoms with Crippen molar-refractivity contribution in [3.8, 4) is 11.1 Å². The van der Waals surface area contributed by atoms with Crippen molar-refractivity contribution in [3.05, 3.63) is 91.9 Å². The first-order valence-electron chi connectivity index (χ1n) is 8.50. The van der Waals surface area contributed by atoms with Gasteiger partial charge in [-0.3, -0.25) is 4.79 Å². The summed E-state index contributed by atoms with van der Waals surface area (Å²) >= 11 is 18.0. The van der Waals surface area contributed by atoms with Gasteiger partial charge in [-0.25, -0.2) is 4.79 Å². The number of esters is 1. The first-order chi connectivity index (χ1) is 13.5. The van der Waals surface area contributed by atoms with Crippen molar-refractivity contribution >= 4 is 46.6 Å². The molecule has 4 rings (SSSR count). The molecule has 0 bridgehead atoms. The van der Waals surface area contributed by atoms with Crippen LogP contribution in [0.15, 0.2) is 54.6 Å². The minimum Gasteiger partial charge on any atom is -0.454 e. The van der Waals surface area contributed by atoms with E-state index in [9.17, 15) is 9.59 Å². The summed E-state index contributed by atoms with van der Waals surface area (Å²) in [6.07, 6.45) is 0.848. The maximum atomic E-state index is 12.6. The molecule has 28 heavy (non-hydrogen) atoms. The van der Waals surface area contributed by atoms with E-state index in [4.69, 9.17) is 39.5 Å². The number of ether oxygens (including phenoxy) is 1. The van der Waals surface area contributed by atoms with E-state index in [0.29, 0.717) is 5.56 Å². The molecule has 0 atom stereocenters. The molecule has 0 radical (unpaired) electrons. The van der Waals surface area contributed by atoms with E-state index in [1.165, 1.54) is 23.3 Å². The number of hydrogen-bond donors (Lipinski definition) is 0. The lowest BCUT2D eigenvalue weighted by atomic mass is 10.0. The zero-order valence-electron chi connectivity index (χ0n) is 14.5. The van der Waals surface area contributed by atoms with Crippen molar-refractivity contribution in [1.29, 1.82) is 0 Å². The minimum atomic E-state index is -0.794. The second-order valence-electron chi connectivity index (χ2n) is 6.42. The van der Waals surface area contributed by atoms with Crippen LogP contribution in [0.3, 0.4) is 0 Å². The molecule has 0 aliphatic heterocycles. The van der Waals surface area contributed by atoms with Crippen LogP contribution in [0.2, 0.25) is 15.1 Å². The van der Waals surface area contributed by atoms with Crippen LogP contribution in [-0.4, -0.2) is 18.4 Å². The summed E-state index contributed by atoms with van der Waals surface area (Å²) in [4.78, 5) is 24.9. The van der Waals surface area contributed by atoms with Gasteiger partial charge in [0.2, 0.25) is 0 Å². The molecule has 3 aromatic carbocycles. The first-order valence-corrected chi connectivity index (χ1v) is 9.64. The first kappa shape index (κ1) is 19.0. The van der Waals surface area contributed by atoms with E-state index in [1.807, 2.05) is 30.3 Å². The number of carbonyl (C=O) groups is 2. The number of benzene rings is 3. The van der Waals surface area contributed by atoms with Gasteiger partial charge in [0.05, 0.1) is 20.6 Å². The molecule has 140 valence electrons. The highest BCUT2D eigenvalue weighted by molar-refractivity contribution is 6.46. The zero-order valence-corrected chi connectivity index (χ0v) is 16.7. The number of Topliss-reactive ketones (excluding diaryl/α,β-unsaturated/α-hetero) is 1. The van der Waals surface area contributed by atoms with Crippen LogP contribution in [-0.2, 0) is 11.2 Å². The Morgan fingerprint density at radius 1 is 0.857 bits per heavy atom. The average molecular weight is 432 g/mol. The molecule has 0 N–H and O–H groups in total. The van der Waals surface area contributed by atoms with E-state index in [1.54, 1.807) is 6.07 Å². The van der Waals surface area contributed by atoms with E-state index in [0.717, 1.165) is 17.5 Å². The maximum Gasteiger partial charge on any atom is 0.341 e. The molecule has 3 aromatic rings. The van der Waals surface area contributed by atoms with Crippen LogP contribution in [0, 0.1) is 0 Å². The maximum absolute atomic E-state index is 12.6. The van der Waals surface area contributed by atoms with Crippen molar-refractivity contribution in [2.75, 3.05) is 6.61 Å². The summed E-state index contributed by atoms with van der Waals surface area (Å²) in [7, 11) is 0. The van der Waals surface area contributed by atoms with E-state index < -0.39 is 12.6 Å². The topological polar surface area (TPSA) is 43.4 Å². The molecule has 3 nitrogen and oxygen atoms in total. The van der Waals surface area contributed by atoms with Gasteiger partial charge < -0.3 is 4.74 Å². The molecule has 0 fully saturated rings. The third kappa shape index (κ3) is 3.42. The standard InChI is InChI=1S/C22H13Cl3O3/c23-17-7-8-18(24)21(25)20(17)22(27)28-11-19(26)14-6-5-13-9-12-3-1-2-4-15(12)16(13)10-14/h1-8,10H,9,11H2. The van der Waals surface area contributed by atoms with E-state index >= 15 is 0 Å². The highest BCUT2D eigenvalue weighted by atomic mass is 35.5. The summed E-state index contributed by atoms with van der Waals surface area (Å²) < 4.78 is 5.13. The zero-order chi connectivity index (χ0) is 19.8. The van der Waals surface area contributed by atoms with Crippen molar-refractivity contribution in [3.63, 3.8) is 0 Å². The predicted molar refractivity (Wildman–Crippen MR) is 111 cm³/mol. The van der Waals surface area contributed by atoms with Crippen molar-refractivity contribution in [2.45, 2.75) is 6.42 Å². The van der Waals surface area contributed by atoms with Crippen LogP contribution in [0.5, 0.6) is 0 Å². The van der Waals surface area contributed by atoms with Crippen LogP contribution >= 0.6 is 34.8 Å². The number of rotatable bonds is 4. The Morgan fingerprint density at radius 3 is 2.39 bits per heavy atom. The molecule has 0 unspecified atom stereocenters. The van der Waals surface area contributed by atoms with Crippen molar-refractivity contribution in [1.82, 2.24) is 0 Å². The summed E-state index contributed by atoms with van der Waals surface area (Å²) in [5.74, 6) is -1.10. The SMILES string of the molecule is O=C(COC(=O)c1c(Cl)ccc(Cl)c1Cl)c1ccc2c(c1)-c1ccccc1C2. The van der Waals surface area contributed by atoms with Gasteiger partial charge in [-0.15, -0.1) is 0 Å². The Hall–Kier alpha value is -2.33. The molecule has 1 aliphatic rings. The highest BCUT2D eigenvalue weighted by Crippen LogP contribution is 2.37. The second-order valence-corrected chi connectivity index (χ2v) is 7.62. The fraction of sp³-hybridized carbons (Fsp3) is 0.0909. The number of hydrogen-bond acceptors (Lipinski definition) is 3. The molecule has 1 aliphatic carbocycles. The van der Waals surface area contributed by atoms with Gasteiger partial charge in [0.1, 0.15) is 0 Å². The third-order valence-corrected chi connectivity index (χ3v) is 5.82. The lowest BCUT2D eigenvalue weighted by Crippen LogP contribution is -2.15. The molecular weight excluding hydrogens is 419 g/mol. The number of halogens is 3. The third-order valence-electron chi connectivity index (χ3n) is 4.70. The molecule has 0 spiro atoms.